The van der Waals surface area contributed by atoms with Crippen molar-refractivity contribution in [2.45, 2.75) is 38.5 Å². The molecule has 2 aliphatic rings. The number of carboxylic acids is 1. The van der Waals surface area contributed by atoms with Crippen LogP contribution in [0.5, 0.6) is 0 Å². The molecule has 0 unspecified atom stereocenters. The minimum absolute atomic E-state index is 0.0130. The summed E-state index contributed by atoms with van der Waals surface area (Å²) in [6, 6.07) is 6.05. The molecule has 2 heterocycles. The van der Waals surface area contributed by atoms with Crippen molar-refractivity contribution in [2.75, 3.05) is 24.7 Å². The molecule has 1 N–H and O–H groups in total. The van der Waals surface area contributed by atoms with E-state index >= 15 is 0 Å². The van der Waals surface area contributed by atoms with E-state index in [-0.39, 0.29) is 17.7 Å². The number of amides is 1. The van der Waals surface area contributed by atoms with E-state index in [1.165, 1.54) is 5.56 Å². The summed E-state index contributed by atoms with van der Waals surface area (Å²) in [6.07, 6.45) is 1.75. The Kier molecular flexibility index (Phi) is 4.47. The number of carboxylic acid groups (broad SMARTS) is 1. The van der Waals surface area contributed by atoms with Gasteiger partial charge in [-0.05, 0) is 44.4 Å². The fourth-order valence-corrected chi connectivity index (χ4v) is 3.96. The highest BCUT2D eigenvalue weighted by atomic mass is 79.9. The summed E-state index contributed by atoms with van der Waals surface area (Å²) in [4.78, 5) is 26.0. The lowest BCUT2D eigenvalue weighted by Gasteiger charge is -2.34. The normalized spacial score (nSPS) is 19.4. The second-order valence-corrected chi connectivity index (χ2v) is 8.32. The van der Waals surface area contributed by atoms with Crippen molar-refractivity contribution in [3.63, 3.8) is 0 Å². The molecule has 1 aromatic carbocycles. The fourth-order valence-electron chi connectivity index (χ4n) is 3.61. The van der Waals surface area contributed by atoms with Gasteiger partial charge in [-0.25, -0.2) is 0 Å². The van der Waals surface area contributed by atoms with E-state index in [9.17, 15) is 14.7 Å². The van der Waals surface area contributed by atoms with Crippen molar-refractivity contribution in [1.82, 2.24) is 0 Å². The topological polar surface area (TPSA) is 66.8 Å². The van der Waals surface area contributed by atoms with Gasteiger partial charge in [0.05, 0.1) is 5.41 Å². The zero-order chi connectivity index (χ0) is 17.5. The van der Waals surface area contributed by atoms with Crippen molar-refractivity contribution in [1.29, 1.82) is 0 Å². The molecule has 6 heteroatoms. The minimum atomic E-state index is -1.07. The third-order valence-electron chi connectivity index (χ3n) is 5.21. The fraction of sp³-hybridized carbons (Fsp3) is 0.556. The summed E-state index contributed by atoms with van der Waals surface area (Å²) in [7, 11) is 0. The summed E-state index contributed by atoms with van der Waals surface area (Å²) in [5, 5.41) is 9.32. The first-order chi connectivity index (χ1) is 11.3. The zero-order valence-electron chi connectivity index (χ0n) is 14.0. The number of halogens is 1. The van der Waals surface area contributed by atoms with Gasteiger partial charge in [-0.3, -0.25) is 9.59 Å². The number of carbonyl (C=O) groups is 2. The molecule has 1 aromatic rings. The maximum atomic E-state index is 12.9. The number of hydrogen-bond acceptors (Lipinski definition) is 3. The minimum Gasteiger partial charge on any atom is -0.481 e. The van der Waals surface area contributed by atoms with Crippen LogP contribution in [0.1, 0.15) is 38.7 Å². The third kappa shape index (κ3) is 2.97. The van der Waals surface area contributed by atoms with E-state index < -0.39 is 11.4 Å². The Morgan fingerprint density at radius 3 is 2.62 bits per heavy atom. The van der Waals surface area contributed by atoms with Gasteiger partial charge < -0.3 is 14.7 Å². The molecule has 1 fully saturated rings. The predicted octanol–water partition coefficient (Wildman–Crippen LogP) is 3.34. The van der Waals surface area contributed by atoms with Crippen LogP contribution in [0, 0.1) is 5.41 Å². The van der Waals surface area contributed by atoms with Crippen molar-refractivity contribution < 1.29 is 19.4 Å². The number of fused-ring (bicyclic) bond motifs is 2. The van der Waals surface area contributed by atoms with Crippen molar-refractivity contribution in [2.24, 2.45) is 5.41 Å². The molecule has 1 amide bonds. The molecule has 1 saturated heterocycles. The molecule has 130 valence electrons. The van der Waals surface area contributed by atoms with Gasteiger partial charge in [-0.2, -0.15) is 0 Å². The number of nitrogens with zero attached hydrogens (tertiary/aromatic N) is 1. The Morgan fingerprint density at radius 1 is 1.33 bits per heavy atom. The average molecular weight is 396 g/mol. The summed E-state index contributed by atoms with van der Waals surface area (Å²) >= 11 is 3.48. The van der Waals surface area contributed by atoms with Crippen LogP contribution in [0.3, 0.4) is 0 Å². The monoisotopic (exact) mass is 395 g/mol. The summed E-state index contributed by atoms with van der Waals surface area (Å²) in [5.41, 5.74) is 0.930. The smallest absolute Gasteiger partial charge is 0.309 e. The van der Waals surface area contributed by atoms with E-state index in [2.05, 4.69) is 22.0 Å². The van der Waals surface area contributed by atoms with Gasteiger partial charge in [0.1, 0.15) is 0 Å². The highest BCUT2D eigenvalue weighted by Crippen LogP contribution is 2.48. The molecule has 1 spiro atoms. The van der Waals surface area contributed by atoms with Gasteiger partial charge in [-0.15, -0.1) is 0 Å². The molecular formula is C18H22BrNO4. The Labute approximate surface area is 150 Å². The maximum Gasteiger partial charge on any atom is 0.309 e. The first-order valence-corrected chi connectivity index (χ1v) is 8.96. The molecule has 0 radical (unpaired) electrons. The van der Waals surface area contributed by atoms with E-state index in [0.29, 0.717) is 19.8 Å². The SMILES string of the molecule is CC(C)(CC(=O)N1CC2(CCOCC2)c2ccc(Br)cc21)C(=O)O. The van der Waals surface area contributed by atoms with Gasteiger partial charge in [-0.1, -0.05) is 22.0 Å². The Bertz CT molecular complexity index is 680. The number of rotatable bonds is 3. The molecule has 0 saturated carbocycles. The van der Waals surface area contributed by atoms with Crippen LogP contribution in [0.25, 0.3) is 0 Å². The van der Waals surface area contributed by atoms with Crippen LogP contribution >= 0.6 is 15.9 Å². The molecule has 3 rings (SSSR count). The number of ether oxygens (including phenoxy) is 1. The predicted molar refractivity (Wildman–Crippen MR) is 94.3 cm³/mol. The lowest BCUT2D eigenvalue weighted by molar-refractivity contribution is -0.149. The van der Waals surface area contributed by atoms with E-state index in [1.807, 2.05) is 12.1 Å². The summed E-state index contributed by atoms with van der Waals surface area (Å²) in [6.45, 7) is 5.18. The molecule has 0 bridgehead atoms. The lowest BCUT2D eigenvalue weighted by atomic mass is 9.76. The van der Waals surface area contributed by atoms with Crippen molar-refractivity contribution in [3.8, 4) is 0 Å². The number of benzene rings is 1. The van der Waals surface area contributed by atoms with Crippen LogP contribution in [0.2, 0.25) is 0 Å². The number of hydrogen-bond donors (Lipinski definition) is 1. The molecular weight excluding hydrogens is 374 g/mol. The maximum absolute atomic E-state index is 12.9. The molecule has 0 aliphatic carbocycles. The van der Waals surface area contributed by atoms with Crippen LogP contribution < -0.4 is 4.90 Å². The third-order valence-corrected chi connectivity index (χ3v) is 5.70. The Balaban J connectivity index is 1.94. The standard InChI is InChI=1S/C18H22BrNO4/c1-17(2,16(22)23)10-15(21)20-11-18(5-7-24-8-6-18)13-4-3-12(19)9-14(13)20/h3-4,9H,5-8,10-11H2,1-2H3,(H,22,23). The van der Waals surface area contributed by atoms with Crippen LogP contribution in [0.4, 0.5) is 5.69 Å². The first kappa shape index (κ1) is 17.4. The second-order valence-electron chi connectivity index (χ2n) is 7.40. The Morgan fingerprint density at radius 2 is 2.00 bits per heavy atom. The van der Waals surface area contributed by atoms with Gasteiger partial charge in [0.15, 0.2) is 0 Å². The van der Waals surface area contributed by atoms with Crippen LogP contribution in [0.15, 0.2) is 22.7 Å². The quantitative estimate of drug-likeness (QED) is 0.851. The first-order valence-electron chi connectivity index (χ1n) is 8.17. The molecule has 0 aromatic heterocycles. The lowest BCUT2D eigenvalue weighted by Crippen LogP contribution is -2.42. The van der Waals surface area contributed by atoms with Crippen molar-refractivity contribution in [3.05, 3.63) is 28.2 Å². The van der Waals surface area contributed by atoms with E-state index in [4.69, 9.17) is 4.74 Å². The zero-order valence-corrected chi connectivity index (χ0v) is 15.6. The summed E-state index contributed by atoms with van der Waals surface area (Å²) in [5.74, 6) is -1.09. The molecule has 2 aliphatic heterocycles. The van der Waals surface area contributed by atoms with Gasteiger partial charge in [0, 0.05) is 41.8 Å². The average Bonchev–Trinajstić information content (AvgIpc) is 2.81. The molecule has 5 nitrogen and oxygen atoms in total. The highest BCUT2D eigenvalue weighted by Gasteiger charge is 2.46. The molecule has 24 heavy (non-hydrogen) atoms. The van der Waals surface area contributed by atoms with Crippen LogP contribution in [-0.4, -0.2) is 36.7 Å². The number of carbonyl (C=O) groups excluding carboxylic acids is 1. The van der Waals surface area contributed by atoms with E-state index in [1.54, 1.807) is 18.7 Å². The molecule has 0 atom stereocenters. The van der Waals surface area contributed by atoms with Gasteiger partial charge in [0.25, 0.3) is 0 Å². The van der Waals surface area contributed by atoms with Gasteiger partial charge in [0.2, 0.25) is 5.91 Å². The second kappa shape index (κ2) is 6.15. The van der Waals surface area contributed by atoms with Crippen molar-refractivity contribution >= 4 is 33.5 Å². The number of aliphatic carboxylic acids is 1. The number of anilines is 1. The largest absolute Gasteiger partial charge is 0.481 e. The highest BCUT2D eigenvalue weighted by molar-refractivity contribution is 9.10. The van der Waals surface area contributed by atoms with E-state index in [0.717, 1.165) is 23.0 Å². The van der Waals surface area contributed by atoms with Crippen LogP contribution in [-0.2, 0) is 19.7 Å². The Hall–Kier alpha value is -1.40. The summed E-state index contributed by atoms with van der Waals surface area (Å²) < 4.78 is 6.43. The van der Waals surface area contributed by atoms with Gasteiger partial charge >= 0.3 is 5.97 Å².